The molecule has 20 heavy (non-hydrogen) atoms. The first-order valence-corrected chi connectivity index (χ1v) is 8.38. The number of carboxylic acids is 1. The Kier molecular flexibility index (Phi) is 5.21. The summed E-state index contributed by atoms with van der Waals surface area (Å²) in [6.07, 6.45) is 3.65. The summed E-state index contributed by atoms with van der Waals surface area (Å²) < 4.78 is 0.986. The number of halogens is 1. The van der Waals surface area contributed by atoms with E-state index in [0.29, 0.717) is 6.42 Å². The Labute approximate surface area is 130 Å². The normalized spacial score (nSPS) is 19.1. The van der Waals surface area contributed by atoms with E-state index in [1.54, 1.807) is 0 Å². The summed E-state index contributed by atoms with van der Waals surface area (Å²) in [6.45, 7) is 2.70. The third kappa shape index (κ3) is 3.61. The number of likely N-dealkylation sites (tertiary alicyclic amines) is 1. The second kappa shape index (κ2) is 6.72. The average Bonchev–Trinajstić information content (AvgIpc) is 2.76. The van der Waals surface area contributed by atoms with Crippen molar-refractivity contribution in [3.8, 4) is 0 Å². The van der Waals surface area contributed by atoms with Crippen LogP contribution in [0.15, 0.2) is 9.85 Å². The topological polar surface area (TPSA) is 57.6 Å². The first-order chi connectivity index (χ1) is 9.49. The van der Waals surface area contributed by atoms with Crippen LogP contribution in [0.2, 0.25) is 0 Å². The highest BCUT2D eigenvalue weighted by atomic mass is 79.9. The number of nitrogens with zero attached hydrogens (tertiary/aromatic N) is 1. The predicted molar refractivity (Wildman–Crippen MR) is 82.3 cm³/mol. The third-order valence-corrected chi connectivity index (χ3v) is 5.77. The van der Waals surface area contributed by atoms with Gasteiger partial charge in [-0.2, -0.15) is 0 Å². The van der Waals surface area contributed by atoms with Gasteiger partial charge in [0.05, 0.1) is 8.66 Å². The van der Waals surface area contributed by atoms with Gasteiger partial charge >= 0.3 is 5.97 Å². The fraction of sp³-hybridized carbons (Fsp3) is 0.571. The van der Waals surface area contributed by atoms with Gasteiger partial charge in [0, 0.05) is 19.0 Å². The van der Waals surface area contributed by atoms with Crippen molar-refractivity contribution in [2.24, 2.45) is 0 Å². The minimum atomic E-state index is -0.794. The van der Waals surface area contributed by atoms with Crippen LogP contribution in [-0.4, -0.2) is 34.5 Å². The highest BCUT2D eigenvalue weighted by Crippen LogP contribution is 2.30. The zero-order valence-corrected chi connectivity index (χ0v) is 13.8. The summed E-state index contributed by atoms with van der Waals surface area (Å²) in [5.74, 6) is -0.753. The predicted octanol–water partition coefficient (Wildman–Crippen LogP) is 3.68. The SMILES string of the molecule is Cc1cc(C(=O)N2CCCCC2CCC(=O)O)sc1Br. The number of hydrogen-bond donors (Lipinski definition) is 1. The Balaban J connectivity index is 2.10. The first-order valence-electron chi connectivity index (χ1n) is 6.77. The lowest BCUT2D eigenvalue weighted by Gasteiger charge is -2.35. The molecular weight excluding hydrogens is 342 g/mol. The van der Waals surface area contributed by atoms with Crippen molar-refractivity contribution in [2.75, 3.05) is 6.54 Å². The maximum atomic E-state index is 12.6. The van der Waals surface area contributed by atoms with Gasteiger partial charge in [0.2, 0.25) is 0 Å². The molecule has 1 N–H and O–H groups in total. The number of piperidine rings is 1. The zero-order valence-electron chi connectivity index (χ0n) is 11.4. The summed E-state index contributed by atoms with van der Waals surface area (Å²) in [7, 11) is 0. The van der Waals surface area contributed by atoms with Crippen molar-refractivity contribution in [1.82, 2.24) is 4.90 Å². The Morgan fingerprint density at radius 1 is 1.50 bits per heavy atom. The number of hydrogen-bond acceptors (Lipinski definition) is 3. The molecule has 0 aliphatic carbocycles. The summed E-state index contributed by atoms with van der Waals surface area (Å²) >= 11 is 4.90. The largest absolute Gasteiger partial charge is 0.481 e. The molecule has 0 spiro atoms. The van der Waals surface area contributed by atoms with Crippen LogP contribution in [0.25, 0.3) is 0 Å². The van der Waals surface area contributed by atoms with E-state index in [1.807, 2.05) is 17.9 Å². The molecule has 1 aliphatic heterocycles. The molecule has 0 radical (unpaired) electrons. The van der Waals surface area contributed by atoms with Gasteiger partial charge in [0.25, 0.3) is 5.91 Å². The second-order valence-electron chi connectivity index (χ2n) is 5.15. The van der Waals surface area contributed by atoms with Crippen molar-refractivity contribution in [3.63, 3.8) is 0 Å². The average molecular weight is 360 g/mol. The molecule has 0 bridgehead atoms. The fourth-order valence-corrected chi connectivity index (χ4v) is 4.06. The molecule has 1 aromatic rings. The van der Waals surface area contributed by atoms with Gasteiger partial charge in [0.15, 0.2) is 0 Å². The van der Waals surface area contributed by atoms with Crippen LogP contribution < -0.4 is 0 Å². The molecule has 2 heterocycles. The van der Waals surface area contributed by atoms with Crippen LogP contribution in [-0.2, 0) is 4.79 Å². The Bertz CT molecular complexity index is 495. The second-order valence-corrected chi connectivity index (χ2v) is 7.52. The Morgan fingerprint density at radius 3 is 2.85 bits per heavy atom. The monoisotopic (exact) mass is 359 g/mol. The van der Waals surface area contributed by atoms with E-state index < -0.39 is 5.97 Å². The molecule has 6 heteroatoms. The summed E-state index contributed by atoms with van der Waals surface area (Å²) in [5, 5.41) is 8.82. The van der Waals surface area contributed by atoms with E-state index >= 15 is 0 Å². The van der Waals surface area contributed by atoms with Crippen LogP contribution in [0, 0.1) is 6.92 Å². The minimum absolute atomic E-state index is 0.0406. The van der Waals surface area contributed by atoms with Crippen LogP contribution in [0.3, 0.4) is 0 Å². The summed E-state index contributed by atoms with van der Waals surface area (Å²) in [5.41, 5.74) is 1.07. The highest BCUT2D eigenvalue weighted by Gasteiger charge is 2.28. The van der Waals surface area contributed by atoms with Gasteiger partial charge in [-0.15, -0.1) is 11.3 Å². The van der Waals surface area contributed by atoms with E-state index in [9.17, 15) is 9.59 Å². The minimum Gasteiger partial charge on any atom is -0.481 e. The smallest absolute Gasteiger partial charge is 0.303 e. The number of carboxylic acid groups (broad SMARTS) is 1. The lowest BCUT2D eigenvalue weighted by molar-refractivity contribution is -0.137. The molecule has 0 aromatic carbocycles. The summed E-state index contributed by atoms with van der Waals surface area (Å²) in [4.78, 5) is 25.9. The van der Waals surface area contributed by atoms with Crippen molar-refractivity contribution >= 4 is 39.1 Å². The molecule has 1 unspecified atom stereocenters. The number of carbonyl (C=O) groups excluding carboxylic acids is 1. The lowest BCUT2D eigenvalue weighted by Crippen LogP contribution is -2.43. The number of aliphatic carboxylic acids is 1. The van der Waals surface area contributed by atoms with Gasteiger partial charge in [-0.1, -0.05) is 0 Å². The molecule has 1 atom stereocenters. The van der Waals surface area contributed by atoms with Crippen LogP contribution >= 0.6 is 27.3 Å². The van der Waals surface area contributed by atoms with Crippen LogP contribution in [0.5, 0.6) is 0 Å². The molecular formula is C14H18BrNO3S. The molecule has 4 nitrogen and oxygen atoms in total. The quantitative estimate of drug-likeness (QED) is 0.891. The number of thiophene rings is 1. The molecule has 110 valence electrons. The van der Waals surface area contributed by atoms with Gasteiger partial charge in [-0.25, -0.2) is 0 Å². The summed E-state index contributed by atoms with van der Waals surface area (Å²) in [6, 6.07) is 1.97. The van der Waals surface area contributed by atoms with Gasteiger partial charge in [0.1, 0.15) is 0 Å². The van der Waals surface area contributed by atoms with Crippen LogP contribution in [0.1, 0.15) is 47.3 Å². The molecule has 1 amide bonds. The van der Waals surface area contributed by atoms with Crippen molar-refractivity contribution in [2.45, 2.75) is 45.1 Å². The maximum Gasteiger partial charge on any atom is 0.303 e. The number of aryl methyl sites for hydroxylation is 1. The van der Waals surface area contributed by atoms with Gasteiger partial charge in [-0.05, 0) is 60.2 Å². The van der Waals surface area contributed by atoms with Crippen molar-refractivity contribution in [3.05, 3.63) is 20.3 Å². The molecule has 2 rings (SSSR count). The van der Waals surface area contributed by atoms with E-state index in [1.165, 1.54) is 11.3 Å². The zero-order chi connectivity index (χ0) is 14.7. The molecule has 1 saturated heterocycles. The molecule has 1 aliphatic rings. The van der Waals surface area contributed by atoms with Crippen molar-refractivity contribution < 1.29 is 14.7 Å². The molecule has 0 saturated carbocycles. The number of rotatable bonds is 4. The molecule has 1 fully saturated rings. The van der Waals surface area contributed by atoms with E-state index in [0.717, 1.165) is 40.0 Å². The van der Waals surface area contributed by atoms with Gasteiger partial charge in [-0.3, -0.25) is 9.59 Å². The third-order valence-electron chi connectivity index (χ3n) is 3.65. The van der Waals surface area contributed by atoms with E-state index in [-0.39, 0.29) is 18.4 Å². The van der Waals surface area contributed by atoms with E-state index in [4.69, 9.17) is 5.11 Å². The Hall–Kier alpha value is -0.880. The van der Waals surface area contributed by atoms with Crippen molar-refractivity contribution in [1.29, 1.82) is 0 Å². The van der Waals surface area contributed by atoms with Crippen LogP contribution in [0.4, 0.5) is 0 Å². The molecule has 1 aromatic heterocycles. The Morgan fingerprint density at radius 2 is 2.25 bits per heavy atom. The maximum absolute atomic E-state index is 12.6. The number of carbonyl (C=O) groups is 2. The van der Waals surface area contributed by atoms with Gasteiger partial charge < -0.3 is 10.0 Å². The lowest BCUT2D eigenvalue weighted by atomic mass is 9.97. The van der Waals surface area contributed by atoms with E-state index in [2.05, 4.69) is 15.9 Å². The highest BCUT2D eigenvalue weighted by molar-refractivity contribution is 9.11. The first kappa shape index (κ1) is 15.5. The standard InChI is InChI=1S/C14H18BrNO3S/c1-9-8-11(20-13(9)15)14(19)16-7-3-2-4-10(16)5-6-12(17)18/h8,10H,2-7H2,1H3,(H,17,18). The fourth-order valence-electron chi connectivity index (χ4n) is 2.56. The number of amides is 1.